The molecule has 0 spiro atoms. The Bertz CT molecular complexity index is 1210. The fraction of sp³-hybridized carbons (Fsp3) is 0.286. The number of carbonyl (C=O) groups is 2. The molecule has 4 rings (SSSR count). The Morgan fingerprint density at radius 1 is 1.06 bits per heavy atom. The summed E-state index contributed by atoms with van der Waals surface area (Å²) in [6, 6.07) is 17.5. The van der Waals surface area contributed by atoms with E-state index in [-0.39, 0.29) is 11.3 Å². The van der Waals surface area contributed by atoms with E-state index in [2.05, 4.69) is 0 Å². The third-order valence-corrected chi connectivity index (χ3v) is 6.14. The highest BCUT2D eigenvalue weighted by atomic mass is 16.5. The number of Topliss-reactive ketones (excluding diaryl/α,β-unsaturated/α-hetero) is 1. The van der Waals surface area contributed by atoms with Crippen LogP contribution < -0.4 is 4.74 Å². The molecule has 1 amide bonds. The SMILES string of the molecule is Cc1ccccc1COc1ccc(C(O)=C2C(=O)C(=O)N(CCCN(C)C)[C@@H]2c2ccco2)cc1. The van der Waals surface area contributed by atoms with Gasteiger partial charge in [-0.3, -0.25) is 9.59 Å². The second-order valence-corrected chi connectivity index (χ2v) is 8.90. The van der Waals surface area contributed by atoms with Crippen LogP contribution in [0, 0.1) is 6.92 Å². The Balaban J connectivity index is 1.59. The molecular weight excluding hydrogens is 444 g/mol. The molecule has 1 fully saturated rings. The minimum Gasteiger partial charge on any atom is -0.507 e. The van der Waals surface area contributed by atoms with E-state index < -0.39 is 17.7 Å². The highest BCUT2D eigenvalue weighted by Gasteiger charge is 2.47. The van der Waals surface area contributed by atoms with Gasteiger partial charge in [0.05, 0.1) is 11.8 Å². The third kappa shape index (κ3) is 5.30. The summed E-state index contributed by atoms with van der Waals surface area (Å²) in [5.41, 5.74) is 2.70. The number of rotatable bonds is 9. The van der Waals surface area contributed by atoms with Gasteiger partial charge in [0.15, 0.2) is 0 Å². The van der Waals surface area contributed by atoms with E-state index in [9.17, 15) is 14.7 Å². The largest absolute Gasteiger partial charge is 0.507 e. The number of aryl methyl sites for hydroxylation is 1. The summed E-state index contributed by atoms with van der Waals surface area (Å²) in [4.78, 5) is 29.4. The van der Waals surface area contributed by atoms with Crippen LogP contribution in [0.3, 0.4) is 0 Å². The summed E-state index contributed by atoms with van der Waals surface area (Å²) < 4.78 is 11.5. The molecule has 1 atom stereocenters. The summed E-state index contributed by atoms with van der Waals surface area (Å²) in [5, 5.41) is 11.1. The molecule has 182 valence electrons. The fourth-order valence-corrected chi connectivity index (χ4v) is 4.21. The zero-order chi connectivity index (χ0) is 24.9. The van der Waals surface area contributed by atoms with E-state index in [0.29, 0.717) is 36.6 Å². The van der Waals surface area contributed by atoms with Crippen molar-refractivity contribution in [2.24, 2.45) is 0 Å². The molecule has 1 aliphatic rings. The number of nitrogens with zero attached hydrogens (tertiary/aromatic N) is 2. The fourth-order valence-electron chi connectivity index (χ4n) is 4.21. The van der Waals surface area contributed by atoms with Gasteiger partial charge in [-0.2, -0.15) is 0 Å². The van der Waals surface area contributed by atoms with Gasteiger partial charge in [-0.05, 0) is 81.5 Å². The molecule has 1 aliphatic heterocycles. The van der Waals surface area contributed by atoms with Crippen molar-refractivity contribution >= 4 is 17.4 Å². The van der Waals surface area contributed by atoms with Crippen molar-refractivity contribution in [3.8, 4) is 5.75 Å². The number of hydrogen-bond donors (Lipinski definition) is 1. The van der Waals surface area contributed by atoms with Crippen LogP contribution in [0.15, 0.2) is 76.9 Å². The lowest BCUT2D eigenvalue weighted by molar-refractivity contribution is -0.140. The van der Waals surface area contributed by atoms with Crippen LogP contribution >= 0.6 is 0 Å². The average molecular weight is 475 g/mol. The van der Waals surface area contributed by atoms with E-state index in [1.54, 1.807) is 36.4 Å². The smallest absolute Gasteiger partial charge is 0.295 e. The molecule has 0 saturated carbocycles. The van der Waals surface area contributed by atoms with Crippen molar-refractivity contribution in [2.45, 2.75) is 26.0 Å². The van der Waals surface area contributed by atoms with Crippen LogP contribution in [0.2, 0.25) is 0 Å². The summed E-state index contributed by atoms with van der Waals surface area (Å²) in [6.07, 6.45) is 2.18. The second kappa shape index (κ2) is 10.6. The van der Waals surface area contributed by atoms with Gasteiger partial charge in [0, 0.05) is 12.1 Å². The molecule has 0 bridgehead atoms. The Kier molecular flexibility index (Phi) is 7.36. The highest BCUT2D eigenvalue weighted by molar-refractivity contribution is 6.46. The van der Waals surface area contributed by atoms with Crippen LogP contribution in [0.1, 0.15) is 34.9 Å². The Labute approximate surface area is 205 Å². The van der Waals surface area contributed by atoms with Gasteiger partial charge >= 0.3 is 0 Å². The molecule has 0 unspecified atom stereocenters. The molecule has 1 aromatic heterocycles. The van der Waals surface area contributed by atoms with Crippen molar-refractivity contribution in [3.63, 3.8) is 0 Å². The highest BCUT2D eigenvalue weighted by Crippen LogP contribution is 2.39. The van der Waals surface area contributed by atoms with E-state index in [1.165, 1.54) is 11.2 Å². The number of ether oxygens (including phenoxy) is 1. The lowest BCUT2D eigenvalue weighted by Gasteiger charge is -2.24. The van der Waals surface area contributed by atoms with Gasteiger partial charge in [-0.25, -0.2) is 0 Å². The summed E-state index contributed by atoms with van der Waals surface area (Å²) in [5.74, 6) is -0.505. The first-order chi connectivity index (χ1) is 16.9. The molecule has 0 radical (unpaired) electrons. The lowest BCUT2D eigenvalue weighted by Crippen LogP contribution is -2.32. The Morgan fingerprint density at radius 3 is 2.46 bits per heavy atom. The van der Waals surface area contributed by atoms with Crippen molar-refractivity contribution in [2.75, 3.05) is 27.2 Å². The predicted molar refractivity (Wildman–Crippen MR) is 133 cm³/mol. The van der Waals surface area contributed by atoms with Gasteiger partial charge in [0.25, 0.3) is 11.7 Å². The molecular formula is C28H30N2O5. The molecule has 2 heterocycles. The van der Waals surface area contributed by atoms with E-state index in [1.807, 2.05) is 50.2 Å². The number of carbonyl (C=O) groups excluding carboxylic acids is 2. The maximum absolute atomic E-state index is 13.0. The number of furan rings is 1. The van der Waals surface area contributed by atoms with Crippen LogP contribution in [-0.2, 0) is 16.2 Å². The first-order valence-electron chi connectivity index (χ1n) is 11.6. The molecule has 1 saturated heterocycles. The standard InChI is InChI=1S/C28H30N2O5/c1-19-8-4-5-9-21(19)18-35-22-13-11-20(12-14-22)26(31)24-25(23-10-6-17-34-23)30(28(33)27(24)32)16-7-15-29(2)3/h4-6,8-14,17,25,31H,7,15-16,18H2,1-3H3/t25-/m1/s1. The molecule has 1 N–H and O–H groups in total. The Morgan fingerprint density at radius 2 is 1.80 bits per heavy atom. The van der Waals surface area contributed by atoms with Crippen LogP contribution in [0.25, 0.3) is 5.76 Å². The Hall–Kier alpha value is -3.84. The molecule has 7 heteroatoms. The van der Waals surface area contributed by atoms with Gasteiger partial charge < -0.3 is 24.1 Å². The summed E-state index contributed by atoms with van der Waals surface area (Å²) in [7, 11) is 3.90. The zero-order valence-electron chi connectivity index (χ0n) is 20.2. The minimum atomic E-state index is -0.774. The first-order valence-corrected chi connectivity index (χ1v) is 11.6. The number of ketones is 1. The van der Waals surface area contributed by atoms with Gasteiger partial charge in [-0.15, -0.1) is 0 Å². The topological polar surface area (TPSA) is 83.2 Å². The average Bonchev–Trinajstić information content (AvgIpc) is 3.46. The van der Waals surface area contributed by atoms with Gasteiger partial charge in [0.1, 0.15) is 29.9 Å². The van der Waals surface area contributed by atoms with Crippen molar-refractivity contribution in [1.82, 2.24) is 9.80 Å². The predicted octanol–water partition coefficient (Wildman–Crippen LogP) is 4.54. The number of aliphatic hydroxyl groups is 1. The van der Waals surface area contributed by atoms with Gasteiger partial charge in [0.2, 0.25) is 0 Å². The number of amides is 1. The molecule has 3 aromatic rings. The zero-order valence-corrected chi connectivity index (χ0v) is 20.2. The quantitative estimate of drug-likeness (QED) is 0.279. The van der Waals surface area contributed by atoms with Crippen LogP contribution in [0.4, 0.5) is 0 Å². The summed E-state index contributed by atoms with van der Waals surface area (Å²) >= 11 is 0. The third-order valence-electron chi connectivity index (χ3n) is 6.14. The number of hydrogen-bond acceptors (Lipinski definition) is 6. The number of likely N-dealkylation sites (tertiary alicyclic amines) is 1. The van der Waals surface area contributed by atoms with E-state index >= 15 is 0 Å². The maximum Gasteiger partial charge on any atom is 0.295 e. The molecule has 0 aliphatic carbocycles. The maximum atomic E-state index is 13.0. The number of benzene rings is 2. The molecule has 2 aromatic carbocycles. The van der Waals surface area contributed by atoms with Crippen molar-refractivity contribution in [1.29, 1.82) is 0 Å². The monoisotopic (exact) mass is 474 g/mol. The second-order valence-electron chi connectivity index (χ2n) is 8.90. The van der Waals surface area contributed by atoms with Crippen LogP contribution in [0.5, 0.6) is 5.75 Å². The lowest BCUT2D eigenvalue weighted by atomic mass is 9.99. The molecule has 35 heavy (non-hydrogen) atoms. The minimum absolute atomic E-state index is 0.0309. The normalized spacial score (nSPS) is 17.4. The van der Waals surface area contributed by atoms with E-state index in [4.69, 9.17) is 9.15 Å². The van der Waals surface area contributed by atoms with Crippen molar-refractivity contribution in [3.05, 3.63) is 95.0 Å². The molecule has 7 nitrogen and oxygen atoms in total. The summed E-state index contributed by atoms with van der Waals surface area (Å²) in [6.45, 7) is 3.59. The first kappa shape index (κ1) is 24.3. The number of aliphatic hydroxyl groups excluding tert-OH is 1. The van der Waals surface area contributed by atoms with Crippen molar-refractivity contribution < 1.29 is 23.8 Å². The van der Waals surface area contributed by atoms with Crippen LogP contribution in [-0.4, -0.2) is 53.8 Å². The van der Waals surface area contributed by atoms with Gasteiger partial charge in [-0.1, -0.05) is 24.3 Å². The van der Waals surface area contributed by atoms with E-state index in [0.717, 1.165) is 17.7 Å².